The summed E-state index contributed by atoms with van der Waals surface area (Å²) in [4.78, 5) is 16.2. The molecule has 31 heavy (non-hydrogen) atoms. The fraction of sp³-hybridized carbons (Fsp3) is 0.238. The number of methoxy groups -OCH3 is 1. The number of hydrogen-bond donors (Lipinski definition) is 1. The van der Waals surface area contributed by atoms with Gasteiger partial charge in [0.2, 0.25) is 0 Å². The van der Waals surface area contributed by atoms with E-state index >= 15 is 0 Å². The van der Waals surface area contributed by atoms with Gasteiger partial charge in [-0.2, -0.15) is 13.2 Å². The number of aromatic carboxylic acids is 1. The van der Waals surface area contributed by atoms with Crippen LogP contribution in [0.2, 0.25) is 0 Å². The molecule has 10 heteroatoms. The molecule has 3 rings (SSSR count). The average Bonchev–Trinajstić information content (AvgIpc) is 2.71. The molecule has 0 aliphatic heterocycles. The van der Waals surface area contributed by atoms with Crippen molar-refractivity contribution >= 4 is 26.7 Å². The Kier molecular flexibility index (Phi) is 5.70. The number of fused-ring (bicyclic) bond motifs is 1. The van der Waals surface area contributed by atoms with Gasteiger partial charge in [-0.25, -0.2) is 18.2 Å². The third-order valence-corrected chi connectivity index (χ3v) is 6.66. The molecule has 0 amide bonds. The third-order valence-electron chi connectivity index (χ3n) is 4.91. The van der Waals surface area contributed by atoms with Gasteiger partial charge < -0.3 is 9.84 Å². The van der Waals surface area contributed by atoms with Crippen LogP contribution in [0.1, 0.15) is 28.4 Å². The van der Waals surface area contributed by atoms with E-state index in [9.17, 15) is 31.5 Å². The summed E-state index contributed by atoms with van der Waals surface area (Å²) in [5.41, 5.74) is -0.811. The van der Waals surface area contributed by atoms with Gasteiger partial charge >= 0.3 is 12.1 Å². The fourth-order valence-electron chi connectivity index (χ4n) is 3.32. The van der Waals surface area contributed by atoms with E-state index in [4.69, 9.17) is 4.74 Å². The second-order valence-corrected chi connectivity index (χ2v) is 9.01. The minimum absolute atomic E-state index is 0.0305. The number of rotatable bonds is 5. The summed E-state index contributed by atoms with van der Waals surface area (Å²) in [6.07, 6.45) is -4.58. The zero-order valence-corrected chi connectivity index (χ0v) is 17.6. The van der Waals surface area contributed by atoms with E-state index < -0.39 is 27.5 Å². The minimum Gasteiger partial charge on any atom is -0.495 e. The Morgan fingerprint density at radius 3 is 2.42 bits per heavy atom. The lowest BCUT2D eigenvalue weighted by Gasteiger charge is -2.16. The smallest absolute Gasteiger partial charge is 0.416 e. The second kappa shape index (κ2) is 7.84. The second-order valence-electron chi connectivity index (χ2n) is 6.77. The quantitative estimate of drug-likeness (QED) is 0.600. The first-order valence-corrected chi connectivity index (χ1v) is 10.7. The summed E-state index contributed by atoms with van der Waals surface area (Å²) in [6, 6.07) is 6.87. The topological polar surface area (TPSA) is 93.6 Å². The molecule has 0 unspecified atom stereocenters. The van der Waals surface area contributed by atoms with Crippen molar-refractivity contribution < 1.29 is 36.2 Å². The normalized spacial score (nSPS) is 12.2. The lowest BCUT2D eigenvalue weighted by Crippen LogP contribution is -2.09. The van der Waals surface area contributed by atoms with E-state index in [1.54, 1.807) is 0 Å². The number of pyridine rings is 1. The minimum atomic E-state index is -4.58. The summed E-state index contributed by atoms with van der Waals surface area (Å²) in [6.45, 7) is 2.86. The SMILES string of the molecule is CCS(=O)(=O)c1cc2c(C(=O)O)c(C)c(-c3cccc(C(F)(F)F)c3)nc2cc1OC. The van der Waals surface area contributed by atoms with Crippen LogP contribution < -0.4 is 4.74 Å². The molecule has 3 aromatic rings. The number of benzene rings is 2. The van der Waals surface area contributed by atoms with Crippen molar-refractivity contribution in [3.8, 4) is 17.0 Å². The van der Waals surface area contributed by atoms with E-state index in [1.165, 1.54) is 45.2 Å². The molecule has 0 aliphatic rings. The molecule has 164 valence electrons. The van der Waals surface area contributed by atoms with Crippen molar-refractivity contribution in [2.45, 2.75) is 24.9 Å². The number of hydrogen-bond acceptors (Lipinski definition) is 5. The molecule has 0 saturated carbocycles. The zero-order valence-electron chi connectivity index (χ0n) is 16.7. The highest BCUT2D eigenvalue weighted by Crippen LogP contribution is 2.37. The number of sulfone groups is 1. The molecular formula is C21H18F3NO5S. The first-order chi connectivity index (χ1) is 14.4. The summed E-state index contributed by atoms with van der Waals surface area (Å²) >= 11 is 0. The Bertz CT molecular complexity index is 1300. The number of halogens is 3. The van der Waals surface area contributed by atoms with E-state index in [0.29, 0.717) is 0 Å². The molecule has 0 fully saturated rings. The number of alkyl halides is 3. The van der Waals surface area contributed by atoms with Crippen LogP contribution >= 0.6 is 0 Å². The predicted molar refractivity (Wildman–Crippen MR) is 108 cm³/mol. The Labute approximate surface area is 176 Å². The molecule has 0 bridgehead atoms. The van der Waals surface area contributed by atoms with Crippen molar-refractivity contribution in [2.24, 2.45) is 0 Å². The molecule has 1 N–H and O–H groups in total. The monoisotopic (exact) mass is 453 g/mol. The van der Waals surface area contributed by atoms with E-state index in [-0.39, 0.29) is 49.7 Å². The van der Waals surface area contributed by atoms with E-state index in [0.717, 1.165) is 12.1 Å². The highest BCUT2D eigenvalue weighted by atomic mass is 32.2. The molecule has 1 heterocycles. The van der Waals surface area contributed by atoms with Crippen LogP contribution in [0.5, 0.6) is 5.75 Å². The van der Waals surface area contributed by atoms with Gasteiger partial charge in [0.25, 0.3) is 0 Å². The molecule has 0 saturated heterocycles. The van der Waals surface area contributed by atoms with Gasteiger partial charge in [-0.1, -0.05) is 19.1 Å². The zero-order chi connectivity index (χ0) is 23.1. The van der Waals surface area contributed by atoms with Crippen LogP contribution in [0.25, 0.3) is 22.2 Å². The molecule has 0 atom stereocenters. The van der Waals surface area contributed by atoms with Gasteiger partial charge in [0, 0.05) is 17.0 Å². The van der Waals surface area contributed by atoms with Gasteiger partial charge in [-0.05, 0) is 30.7 Å². The lowest BCUT2D eigenvalue weighted by atomic mass is 9.96. The van der Waals surface area contributed by atoms with Gasteiger partial charge in [-0.3, -0.25) is 0 Å². The maximum absolute atomic E-state index is 13.1. The number of aromatic nitrogens is 1. The van der Waals surface area contributed by atoms with Crippen LogP contribution in [0.4, 0.5) is 13.2 Å². The molecular weight excluding hydrogens is 435 g/mol. The molecule has 0 aliphatic carbocycles. The van der Waals surface area contributed by atoms with Crippen molar-refractivity contribution in [1.29, 1.82) is 0 Å². The van der Waals surface area contributed by atoms with E-state index in [2.05, 4.69) is 4.98 Å². The molecule has 6 nitrogen and oxygen atoms in total. The van der Waals surface area contributed by atoms with Crippen LogP contribution in [-0.2, 0) is 16.0 Å². The van der Waals surface area contributed by atoms with Gasteiger partial charge in [0.15, 0.2) is 9.84 Å². The Morgan fingerprint density at radius 2 is 1.87 bits per heavy atom. The molecule has 2 aromatic carbocycles. The fourth-order valence-corrected chi connectivity index (χ4v) is 4.38. The summed E-state index contributed by atoms with van der Waals surface area (Å²) < 4.78 is 69.5. The maximum Gasteiger partial charge on any atom is 0.416 e. The van der Waals surface area contributed by atoms with Crippen molar-refractivity contribution in [3.63, 3.8) is 0 Å². The van der Waals surface area contributed by atoms with E-state index in [1.807, 2.05) is 0 Å². The Balaban J connectivity index is 2.41. The summed E-state index contributed by atoms with van der Waals surface area (Å²) in [5.74, 6) is -1.62. The number of carbonyl (C=O) groups is 1. The number of ether oxygens (including phenoxy) is 1. The summed E-state index contributed by atoms with van der Waals surface area (Å²) in [7, 11) is -2.48. The predicted octanol–water partition coefficient (Wildman–Crippen LogP) is 4.73. The highest BCUT2D eigenvalue weighted by molar-refractivity contribution is 7.91. The largest absolute Gasteiger partial charge is 0.495 e. The van der Waals surface area contributed by atoms with Crippen LogP contribution in [0, 0.1) is 6.92 Å². The maximum atomic E-state index is 13.1. The molecule has 1 aromatic heterocycles. The number of nitrogens with zero attached hydrogens (tertiary/aromatic N) is 1. The Morgan fingerprint density at radius 1 is 1.19 bits per heavy atom. The highest BCUT2D eigenvalue weighted by Gasteiger charge is 2.31. The van der Waals surface area contributed by atoms with Crippen LogP contribution in [0.15, 0.2) is 41.3 Å². The average molecular weight is 453 g/mol. The van der Waals surface area contributed by atoms with Crippen LogP contribution in [0.3, 0.4) is 0 Å². The van der Waals surface area contributed by atoms with Crippen LogP contribution in [-0.4, -0.2) is 37.3 Å². The third kappa shape index (κ3) is 4.07. The van der Waals surface area contributed by atoms with Crippen molar-refractivity contribution in [2.75, 3.05) is 12.9 Å². The molecule has 0 spiro atoms. The first kappa shape index (κ1) is 22.5. The van der Waals surface area contributed by atoms with Crippen molar-refractivity contribution in [1.82, 2.24) is 4.98 Å². The van der Waals surface area contributed by atoms with Crippen molar-refractivity contribution in [3.05, 3.63) is 53.1 Å². The van der Waals surface area contributed by atoms with Gasteiger partial charge in [0.1, 0.15) is 10.6 Å². The first-order valence-electron chi connectivity index (χ1n) is 9.06. The Hall–Kier alpha value is -3.14. The van der Waals surface area contributed by atoms with Gasteiger partial charge in [0.05, 0.1) is 35.2 Å². The number of carboxylic acid groups (broad SMARTS) is 1. The molecule has 0 radical (unpaired) electrons. The number of carboxylic acids is 1. The summed E-state index contributed by atoms with van der Waals surface area (Å²) in [5, 5.41) is 9.86. The van der Waals surface area contributed by atoms with Gasteiger partial charge in [-0.15, -0.1) is 0 Å². The standard InChI is InChI=1S/C21H18F3NO5S/c1-4-31(28,29)17-9-14-15(10-16(17)30-3)25-19(11(2)18(14)20(26)27)12-6-5-7-13(8-12)21(22,23)24/h5-10H,4H2,1-3H3,(H,26,27). The lowest BCUT2D eigenvalue weighted by molar-refractivity contribution is -0.137.